The summed E-state index contributed by atoms with van der Waals surface area (Å²) in [6.07, 6.45) is 4.49. The van der Waals surface area contributed by atoms with Crippen LogP contribution in [0.1, 0.15) is 25.7 Å². The summed E-state index contributed by atoms with van der Waals surface area (Å²) in [4.78, 5) is 0. The summed E-state index contributed by atoms with van der Waals surface area (Å²) >= 11 is 6.18. The Bertz CT molecular complexity index is 395. The lowest BCUT2D eigenvalue weighted by molar-refractivity contribution is 0.341. The Labute approximate surface area is 107 Å². The molecule has 1 aliphatic carbocycles. The van der Waals surface area contributed by atoms with Crippen LogP contribution in [0.5, 0.6) is 11.5 Å². The third kappa shape index (κ3) is 3.40. The van der Waals surface area contributed by atoms with E-state index in [0.717, 1.165) is 29.4 Å². The smallest absolute Gasteiger partial charge is 0.120 e. The fourth-order valence-corrected chi connectivity index (χ4v) is 2.21. The normalized spacial score (nSPS) is 15.9. The molecule has 2 rings (SSSR count). The molecule has 0 amide bonds. The Kier molecular flexibility index (Phi) is 4.32. The Morgan fingerprint density at radius 2 is 1.71 bits per heavy atom. The molecule has 1 aliphatic rings. The SMILES string of the molecule is COc1ccc(OCC2=C(Cl)CCCC2)cc1. The van der Waals surface area contributed by atoms with E-state index in [9.17, 15) is 0 Å². The molecular weight excluding hydrogens is 236 g/mol. The minimum atomic E-state index is 0.602. The number of allylic oxidation sites excluding steroid dienone is 1. The van der Waals surface area contributed by atoms with Crippen LogP contribution in [0.2, 0.25) is 0 Å². The van der Waals surface area contributed by atoms with E-state index in [0.29, 0.717) is 6.61 Å². The predicted octanol–water partition coefficient (Wildman–Crippen LogP) is 4.14. The largest absolute Gasteiger partial charge is 0.497 e. The van der Waals surface area contributed by atoms with Gasteiger partial charge in [0.15, 0.2) is 0 Å². The number of hydrogen-bond acceptors (Lipinski definition) is 2. The molecule has 0 saturated carbocycles. The lowest BCUT2D eigenvalue weighted by Crippen LogP contribution is -2.06. The van der Waals surface area contributed by atoms with Gasteiger partial charge < -0.3 is 9.47 Å². The maximum Gasteiger partial charge on any atom is 0.120 e. The molecule has 3 heteroatoms. The van der Waals surface area contributed by atoms with Crippen LogP contribution in [-0.2, 0) is 0 Å². The van der Waals surface area contributed by atoms with Crippen LogP contribution in [0.25, 0.3) is 0 Å². The second-order valence-electron chi connectivity index (χ2n) is 4.18. The molecule has 0 N–H and O–H groups in total. The zero-order chi connectivity index (χ0) is 12.1. The molecule has 92 valence electrons. The van der Waals surface area contributed by atoms with Crippen LogP contribution in [0.4, 0.5) is 0 Å². The van der Waals surface area contributed by atoms with Crippen LogP contribution >= 0.6 is 11.6 Å². The van der Waals surface area contributed by atoms with Crippen molar-refractivity contribution in [3.63, 3.8) is 0 Å². The summed E-state index contributed by atoms with van der Waals surface area (Å²) in [5.74, 6) is 1.70. The highest BCUT2D eigenvalue weighted by Crippen LogP contribution is 2.28. The van der Waals surface area contributed by atoms with Gasteiger partial charge in [0, 0.05) is 5.03 Å². The molecule has 1 aromatic carbocycles. The minimum Gasteiger partial charge on any atom is -0.497 e. The summed E-state index contributed by atoms with van der Waals surface area (Å²) < 4.78 is 10.8. The molecule has 17 heavy (non-hydrogen) atoms. The highest BCUT2D eigenvalue weighted by Gasteiger charge is 2.11. The summed E-state index contributed by atoms with van der Waals surface area (Å²) in [5.41, 5.74) is 1.24. The molecule has 1 aromatic rings. The van der Waals surface area contributed by atoms with Crippen molar-refractivity contribution in [1.29, 1.82) is 0 Å². The summed E-state index contributed by atoms with van der Waals surface area (Å²) in [6, 6.07) is 7.62. The van der Waals surface area contributed by atoms with Gasteiger partial charge in [0.05, 0.1) is 7.11 Å². The molecule has 0 saturated heterocycles. The second kappa shape index (κ2) is 5.97. The first kappa shape index (κ1) is 12.3. The van der Waals surface area contributed by atoms with Crippen LogP contribution in [0.3, 0.4) is 0 Å². The van der Waals surface area contributed by atoms with E-state index in [1.165, 1.54) is 18.4 Å². The zero-order valence-corrected chi connectivity index (χ0v) is 10.8. The van der Waals surface area contributed by atoms with E-state index in [-0.39, 0.29) is 0 Å². The van der Waals surface area contributed by atoms with Gasteiger partial charge in [0.1, 0.15) is 18.1 Å². The maximum atomic E-state index is 6.18. The number of methoxy groups -OCH3 is 1. The molecule has 0 fully saturated rings. The van der Waals surface area contributed by atoms with Crippen molar-refractivity contribution in [2.24, 2.45) is 0 Å². The number of halogens is 1. The highest BCUT2D eigenvalue weighted by molar-refractivity contribution is 6.30. The first-order valence-corrected chi connectivity index (χ1v) is 6.30. The van der Waals surface area contributed by atoms with Gasteiger partial charge in [-0.2, -0.15) is 0 Å². The zero-order valence-electron chi connectivity index (χ0n) is 10.0. The van der Waals surface area contributed by atoms with Gasteiger partial charge in [-0.25, -0.2) is 0 Å². The molecule has 0 radical (unpaired) electrons. The van der Waals surface area contributed by atoms with Gasteiger partial charge in [0.25, 0.3) is 0 Å². The first-order chi connectivity index (χ1) is 8.29. The lowest BCUT2D eigenvalue weighted by atomic mass is 10.00. The van der Waals surface area contributed by atoms with Crippen molar-refractivity contribution in [2.75, 3.05) is 13.7 Å². The van der Waals surface area contributed by atoms with Crippen molar-refractivity contribution < 1.29 is 9.47 Å². The first-order valence-electron chi connectivity index (χ1n) is 5.93. The molecular formula is C14H17ClO2. The van der Waals surface area contributed by atoms with E-state index >= 15 is 0 Å². The summed E-state index contributed by atoms with van der Waals surface area (Å²) in [6.45, 7) is 0.602. The lowest BCUT2D eigenvalue weighted by Gasteiger charge is -2.16. The molecule has 2 nitrogen and oxygen atoms in total. The van der Waals surface area contributed by atoms with Crippen molar-refractivity contribution >= 4 is 11.6 Å². The van der Waals surface area contributed by atoms with Gasteiger partial charge in [-0.1, -0.05) is 11.6 Å². The maximum absolute atomic E-state index is 6.18. The van der Waals surface area contributed by atoms with Crippen molar-refractivity contribution in [3.8, 4) is 11.5 Å². The van der Waals surface area contributed by atoms with Crippen molar-refractivity contribution in [3.05, 3.63) is 34.9 Å². The average Bonchev–Trinajstić information content (AvgIpc) is 2.38. The van der Waals surface area contributed by atoms with Gasteiger partial charge in [-0.3, -0.25) is 0 Å². The quantitative estimate of drug-likeness (QED) is 0.802. The van der Waals surface area contributed by atoms with Crippen LogP contribution in [0.15, 0.2) is 34.9 Å². The van der Waals surface area contributed by atoms with Gasteiger partial charge in [-0.15, -0.1) is 0 Å². The van der Waals surface area contributed by atoms with E-state index in [1.807, 2.05) is 24.3 Å². The highest BCUT2D eigenvalue weighted by atomic mass is 35.5. The van der Waals surface area contributed by atoms with Gasteiger partial charge in [-0.05, 0) is 55.5 Å². The predicted molar refractivity (Wildman–Crippen MR) is 69.8 cm³/mol. The Morgan fingerprint density at radius 1 is 1.06 bits per heavy atom. The second-order valence-corrected chi connectivity index (χ2v) is 4.64. The van der Waals surface area contributed by atoms with Crippen LogP contribution < -0.4 is 9.47 Å². The number of rotatable bonds is 4. The minimum absolute atomic E-state index is 0.602. The van der Waals surface area contributed by atoms with E-state index in [4.69, 9.17) is 21.1 Å². The van der Waals surface area contributed by atoms with Gasteiger partial charge >= 0.3 is 0 Å². The summed E-state index contributed by atoms with van der Waals surface area (Å²) in [5, 5.41) is 0.991. The average molecular weight is 253 g/mol. The molecule has 0 heterocycles. The number of ether oxygens (including phenoxy) is 2. The molecule has 0 unspecified atom stereocenters. The Hall–Kier alpha value is -1.15. The molecule has 0 bridgehead atoms. The number of hydrogen-bond donors (Lipinski definition) is 0. The van der Waals surface area contributed by atoms with Crippen molar-refractivity contribution in [2.45, 2.75) is 25.7 Å². The molecule has 0 spiro atoms. The fourth-order valence-electron chi connectivity index (χ4n) is 1.92. The molecule has 0 aliphatic heterocycles. The number of benzene rings is 1. The fraction of sp³-hybridized carbons (Fsp3) is 0.429. The monoisotopic (exact) mass is 252 g/mol. The topological polar surface area (TPSA) is 18.5 Å². The van der Waals surface area contributed by atoms with E-state index in [2.05, 4.69) is 0 Å². The third-order valence-electron chi connectivity index (χ3n) is 2.98. The van der Waals surface area contributed by atoms with Crippen LogP contribution in [-0.4, -0.2) is 13.7 Å². The third-order valence-corrected chi connectivity index (χ3v) is 3.44. The molecule has 0 aromatic heterocycles. The summed E-state index contributed by atoms with van der Waals surface area (Å²) in [7, 11) is 1.66. The van der Waals surface area contributed by atoms with E-state index < -0.39 is 0 Å². The molecule has 0 atom stereocenters. The Morgan fingerprint density at radius 3 is 2.35 bits per heavy atom. The van der Waals surface area contributed by atoms with Crippen molar-refractivity contribution in [1.82, 2.24) is 0 Å². The van der Waals surface area contributed by atoms with Gasteiger partial charge in [0.2, 0.25) is 0 Å². The van der Waals surface area contributed by atoms with Crippen LogP contribution in [0, 0.1) is 0 Å². The van der Waals surface area contributed by atoms with E-state index in [1.54, 1.807) is 7.11 Å². The standard InChI is InChI=1S/C14H17ClO2/c1-16-12-6-8-13(9-7-12)17-10-11-4-2-3-5-14(11)15/h6-9H,2-5,10H2,1H3. The Balaban J connectivity index is 1.92.